The largest absolute Gasteiger partial charge is 0.497 e. The van der Waals surface area contributed by atoms with Crippen LogP contribution in [0.4, 0.5) is 5.69 Å². The van der Waals surface area contributed by atoms with E-state index in [2.05, 4.69) is 10.0 Å². The van der Waals surface area contributed by atoms with Crippen LogP contribution < -0.4 is 19.5 Å². The van der Waals surface area contributed by atoms with Crippen molar-refractivity contribution < 1.29 is 27.5 Å². The third-order valence-electron chi connectivity index (χ3n) is 5.46. The third-order valence-corrected chi connectivity index (χ3v) is 7.00. The number of anilines is 1. The number of amides is 2. The Morgan fingerprint density at radius 1 is 1.06 bits per heavy atom. The molecule has 1 saturated carbocycles. The summed E-state index contributed by atoms with van der Waals surface area (Å²) in [6.07, 6.45) is 3.52. The molecule has 0 radical (unpaired) electrons. The fourth-order valence-electron chi connectivity index (χ4n) is 3.76. The van der Waals surface area contributed by atoms with E-state index in [0.29, 0.717) is 11.4 Å². The number of nitrogens with one attached hydrogen (secondary N) is 2. The highest BCUT2D eigenvalue weighted by Gasteiger charge is 2.27. The van der Waals surface area contributed by atoms with Gasteiger partial charge in [-0.2, -0.15) is 0 Å². The third kappa shape index (κ3) is 6.23. The van der Waals surface area contributed by atoms with Gasteiger partial charge in [0.15, 0.2) is 0 Å². The van der Waals surface area contributed by atoms with E-state index in [1.54, 1.807) is 24.3 Å². The SMILES string of the molecule is COc1cccc(NC(=O)CN(C)C(=O)c2ccc(OC)c(S(=O)(=O)NC3CCCC3)c2)c1. The van der Waals surface area contributed by atoms with Crippen molar-refractivity contribution in [1.82, 2.24) is 9.62 Å². The lowest BCUT2D eigenvalue weighted by Gasteiger charge is -2.19. The lowest BCUT2D eigenvalue weighted by molar-refractivity contribution is -0.116. The Bertz CT molecular complexity index is 1110. The maximum absolute atomic E-state index is 13.0. The molecule has 1 aliphatic rings. The molecule has 2 amide bonds. The molecule has 0 heterocycles. The first-order valence-corrected chi connectivity index (χ1v) is 12.1. The number of hydrogen-bond acceptors (Lipinski definition) is 6. The van der Waals surface area contributed by atoms with Crippen molar-refractivity contribution >= 4 is 27.5 Å². The highest BCUT2D eigenvalue weighted by atomic mass is 32.2. The van der Waals surface area contributed by atoms with Crippen LogP contribution in [0, 0.1) is 0 Å². The predicted octanol–water partition coefficient (Wildman–Crippen LogP) is 2.64. The van der Waals surface area contributed by atoms with Crippen LogP contribution in [0.2, 0.25) is 0 Å². The Labute approximate surface area is 194 Å². The molecular formula is C23H29N3O6S. The van der Waals surface area contributed by atoms with Crippen molar-refractivity contribution in [3.8, 4) is 11.5 Å². The van der Waals surface area contributed by atoms with E-state index < -0.39 is 21.8 Å². The Hall–Kier alpha value is -3.11. The molecule has 10 heteroatoms. The molecule has 0 spiro atoms. The van der Waals surface area contributed by atoms with E-state index in [4.69, 9.17) is 9.47 Å². The number of carbonyl (C=O) groups is 2. The Balaban J connectivity index is 1.73. The van der Waals surface area contributed by atoms with Gasteiger partial charge in [-0.3, -0.25) is 9.59 Å². The van der Waals surface area contributed by atoms with Crippen molar-refractivity contribution in [3.63, 3.8) is 0 Å². The first kappa shape index (κ1) is 24.5. The summed E-state index contributed by atoms with van der Waals surface area (Å²) in [6, 6.07) is 11.0. The predicted molar refractivity (Wildman–Crippen MR) is 124 cm³/mol. The molecule has 2 aromatic rings. The van der Waals surface area contributed by atoms with E-state index >= 15 is 0 Å². The van der Waals surface area contributed by atoms with Gasteiger partial charge in [-0.05, 0) is 43.2 Å². The van der Waals surface area contributed by atoms with Crippen molar-refractivity contribution in [2.24, 2.45) is 0 Å². The number of likely N-dealkylation sites (N-methyl/N-ethyl adjacent to an activating group) is 1. The van der Waals surface area contributed by atoms with E-state index in [-0.39, 0.29) is 28.8 Å². The number of carbonyl (C=O) groups excluding carboxylic acids is 2. The molecule has 1 aliphatic carbocycles. The van der Waals surface area contributed by atoms with Crippen LogP contribution in [0.15, 0.2) is 47.4 Å². The van der Waals surface area contributed by atoms with Crippen molar-refractivity contribution in [3.05, 3.63) is 48.0 Å². The van der Waals surface area contributed by atoms with Gasteiger partial charge < -0.3 is 19.7 Å². The average molecular weight is 476 g/mol. The minimum Gasteiger partial charge on any atom is -0.497 e. The zero-order chi connectivity index (χ0) is 24.0. The molecular weight excluding hydrogens is 446 g/mol. The number of ether oxygens (including phenoxy) is 2. The Morgan fingerprint density at radius 3 is 2.45 bits per heavy atom. The molecule has 9 nitrogen and oxygen atoms in total. The summed E-state index contributed by atoms with van der Waals surface area (Å²) in [7, 11) is 0.503. The first-order valence-electron chi connectivity index (χ1n) is 10.6. The maximum Gasteiger partial charge on any atom is 0.254 e. The van der Waals surface area contributed by atoms with E-state index in [1.807, 2.05) is 0 Å². The second-order valence-electron chi connectivity index (χ2n) is 7.91. The van der Waals surface area contributed by atoms with Gasteiger partial charge in [-0.1, -0.05) is 18.9 Å². The zero-order valence-corrected chi connectivity index (χ0v) is 19.8. The van der Waals surface area contributed by atoms with Gasteiger partial charge in [0.1, 0.15) is 16.4 Å². The molecule has 0 aliphatic heterocycles. The summed E-state index contributed by atoms with van der Waals surface area (Å²) in [6.45, 7) is -0.218. The molecule has 3 rings (SSSR count). The van der Waals surface area contributed by atoms with Gasteiger partial charge in [0, 0.05) is 30.4 Å². The standard InChI is InChI=1S/C23H29N3O6S/c1-26(15-22(27)24-18-9-6-10-19(14-18)31-2)23(28)16-11-12-20(32-3)21(13-16)33(29,30)25-17-7-4-5-8-17/h6,9-14,17,25H,4-5,7-8,15H2,1-3H3,(H,24,27). The number of methoxy groups -OCH3 is 2. The van der Waals surface area contributed by atoms with Gasteiger partial charge in [0.2, 0.25) is 15.9 Å². The summed E-state index contributed by atoms with van der Waals surface area (Å²) in [5.74, 6) is -0.148. The summed E-state index contributed by atoms with van der Waals surface area (Å²) in [5, 5.41) is 2.71. The van der Waals surface area contributed by atoms with Gasteiger partial charge in [0.25, 0.3) is 5.91 Å². The molecule has 1 fully saturated rings. The lowest BCUT2D eigenvalue weighted by Crippen LogP contribution is -2.35. The van der Waals surface area contributed by atoms with E-state index in [0.717, 1.165) is 25.7 Å². The van der Waals surface area contributed by atoms with Crippen LogP contribution in [0.25, 0.3) is 0 Å². The second kappa shape index (κ2) is 10.7. The quantitative estimate of drug-likeness (QED) is 0.576. The lowest BCUT2D eigenvalue weighted by atomic mass is 10.2. The Kier molecular flexibility index (Phi) is 7.93. The summed E-state index contributed by atoms with van der Waals surface area (Å²) in [4.78, 5) is 26.5. The number of rotatable bonds is 9. The van der Waals surface area contributed by atoms with Crippen LogP contribution in [0.1, 0.15) is 36.0 Å². The number of hydrogen-bond donors (Lipinski definition) is 2. The fourth-order valence-corrected chi connectivity index (χ4v) is 5.26. The molecule has 0 atom stereocenters. The monoisotopic (exact) mass is 475 g/mol. The van der Waals surface area contributed by atoms with E-state index in [1.165, 1.54) is 44.4 Å². The average Bonchev–Trinajstić information content (AvgIpc) is 3.30. The van der Waals surface area contributed by atoms with Crippen LogP contribution in [-0.4, -0.2) is 59.0 Å². The zero-order valence-electron chi connectivity index (χ0n) is 19.0. The fraction of sp³-hybridized carbons (Fsp3) is 0.391. The molecule has 2 aromatic carbocycles. The molecule has 0 unspecified atom stereocenters. The second-order valence-corrected chi connectivity index (χ2v) is 9.59. The van der Waals surface area contributed by atoms with Crippen LogP contribution in [-0.2, 0) is 14.8 Å². The highest BCUT2D eigenvalue weighted by Crippen LogP contribution is 2.27. The van der Waals surface area contributed by atoms with Crippen LogP contribution in [0.3, 0.4) is 0 Å². The minimum absolute atomic E-state index is 0.100. The number of nitrogens with zero attached hydrogens (tertiary/aromatic N) is 1. The molecule has 178 valence electrons. The van der Waals surface area contributed by atoms with Crippen molar-refractivity contribution in [2.75, 3.05) is 33.1 Å². The van der Waals surface area contributed by atoms with Gasteiger partial charge >= 0.3 is 0 Å². The molecule has 0 aromatic heterocycles. The Morgan fingerprint density at radius 2 is 1.79 bits per heavy atom. The summed E-state index contributed by atoms with van der Waals surface area (Å²) in [5.41, 5.74) is 0.676. The molecule has 0 bridgehead atoms. The van der Waals surface area contributed by atoms with E-state index in [9.17, 15) is 18.0 Å². The smallest absolute Gasteiger partial charge is 0.254 e. The van der Waals surface area contributed by atoms with Gasteiger partial charge in [-0.15, -0.1) is 0 Å². The van der Waals surface area contributed by atoms with Crippen LogP contribution in [0.5, 0.6) is 11.5 Å². The summed E-state index contributed by atoms with van der Waals surface area (Å²) < 4.78 is 39.0. The number of benzene rings is 2. The normalized spacial score (nSPS) is 14.0. The van der Waals surface area contributed by atoms with Crippen LogP contribution >= 0.6 is 0 Å². The topological polar surface area (TPSA) is 114 Å². The summed E-state index contributed by atoms with van der Waals surface area (Å²) >= 11 is 0. The van der Waals surface area contributed by atoms with Gasteiger partial charge in [0.05, 0.1) is 20.8 Å². The van der Waals surface area contributed by atoms with Crippen molar-refractivity contribution in [1.29, 1.82) is 0 Å². The first-order chi connectivity index (χ1) is 15.7. The van der Waals surface area contributed by atoms with Crippen molar-refractivity contribution in [2.45, 2.75) is 36.6 Å². The molecule has 2 N–H and O–H groups in total. The minimum atomic E-state index is -3.88. The maximum atomic E-state index is 13.0. The number of sulfonamides is 1. The highest BCUT2D eigenvalue weighted by molar-refractivity contribution is 7.89. The molecule has 0 saturated heterocycles. The van der Waals surface area contributed by atoms with Gasteiger partial charge in [-0.25, -0.2) is 13.1 Å². The molecule has 33 heavy (non-hydrogen) atoms.